The van der Waals surface area contributed by atoms with Crippen molar-refractivity contribution in [3.05, 3.63) is 0 Å². The van der Waals surface area contributed by atoms with Crippen LogP contribution in [-0.2, 0) is 13.9 Å². The average molecular weight is 187 g/mol. The molecule has 0 spiro atoms. The van der Waals surface area contributed by atoms with Crippen molar-refractivity contribution < 1.29 is 13.9 Å². The van der Waals surface area contributed by atoms with Crippen molar-refractivity contribution in [3.63, 3.8) is 0 Å². The van der Waals surface area contributed by atoms with Crippen LogP contribution in [0.15, 0.2) is 0 Å². The van der Waals surface area contributed by atoms with Crippen molar-refractivity contribution >= 4 is 10.5 Å². The summed E-state index contributed by atoms with van der Waals surface area (Å²) in [6.07, 6.45) is 2.71. The molecule has 1 rings (SSSR count). The van der Waals surface area contributed by atoms with Crippen molar-refractivity contribution in [1.29, 1.82) is 0 Å². The van der Waals surface area contributed by atoms with Gasteiger partial charge in [-0.05, 0) is 19.8 Å². The van der Waals surface area contributed by atoms with E-state index in [1.54, 1.807) is 0 Å². The monoisotopic (exact) mass is 187 g/mol. The smallest absolute Gasteiger partial charge is 0.246 e. The van der Waals surface area contributed by atoms with E-state index in [9.17, 15) is 0 Å². The van der Waals surface area contributed by atoms with Gasteiger partial charge in [-0.15, -0.1) is 0 Å². The summed E-state index contributed by atoms with van der Waals surface area (Å²) in [5.41, 5.74) is 0. The average Bonchev–Trinajstić information content (AvgIpc) is 2.87. The van der Waals surface area contributed by atoms with Crippen LogP contribution in [0, 0.1) is 0 Å². The van der Waals surface area contributed by atoms with Crippen LogP contribution in [0.1, 0.15) is 19.8 Å². The zero-order chi connectivity index (χ0) is 8.81. The molecular weight excluding hydrogens is 172 g/mol. The van der Waals surface area contributed by atoms with Gasteiger partial charge in [0.05, 0.1) is 13.2 Å². The molecule has 2 atom stereocenters. The van der Waals surface area contributed by atoms with E-state index in [1.165, 1.54) is 0 Å². The van der Waals surface area contributed by atoms with Crippen LogP contribution in [0.3, 0.4) is 0 Å². The highest BCUT2D eigenvalue weighted by molar-refractivity contribution is 5.98. The lowest BCUT2D eigenvalue weighted by Gasteiger charge is -2.08. The first-order valence-electron chi connectivity index (χ1n) is 4.34. The van der Waals surface area contributed by atoms with Crippen molar-refractivity contribution in [2.45, 2.75) is 32.0 Å². The van der Waals surface area contributed by atoms with E-state index in [4.69, 9.17) is 13.9 Å². The zero-order valence-corrected chi connectivity index (χ0v) is 8.41. The Bertz CT molecular complexity index is 117. The molecule has 0 amide bonds. The molecule has 4 heteroatoms. The van der Waals surface area contributed by atoms with E-state index in [0.717, 1.165) is 32.7 Å². The Balaban J connectivity index is 1.75. The molecule has 1 aliphatic heterocycles. The highest BCUT2D eigenvalue weighted by Gasteiger charge is 2.21. The minimum Gasteiger partial charge on any atom is -0.416 e. The predicted molar refractivity (Wildman–Crippen MR) is 46.1 cm³/mol. The predicted octanol–water partition coefficient (Wildman–Crippen LogP) is 0.671. The second kappa shape index (κ2) is 5.69. The first-order valence-corrected chi connectivity index (χ1v) is 4.75. The largest absolute Gasteiger partial charge is 0.416 e. The summed E-state index contributed by atoms with van der Waals surface area (Å²) >= 11 is 0. The van der Waals surface area contributed by atoms with Crippen molar-refractivity contribution in [2.24, 2.45) is 0 Å². The fourth-order valence-electron chi connectivity index (χ4n) is 0.911. The first-order chi connectivity index (χ1) is 5.83. The standard InChI is InChI=1S/C8H15O3Si/c1-7(11-12)3-2-4-9-5-8-6-10-8/h7-8H,2-6H2,1H3. The number of rotatable bonds is 7. The molecule has 0 aromatic rings. The molecule has 0 aromatic heterocycles. The fourth-order valence-corrected chi connectivity index (χ4v) is 1.03. The van der Waals surface area contributed by atoms with Crippen molar-refractivity contribution in [1.82, 2.24) is 0 Å². The molecule has 2 unspecified atom stereocenters. The Labute approximate surface area is 76.9 Å². The lowest BCUT2D eigenvalue weighted by Crippen LogP contribution is -2.08. The molecule has 1 saturated heterocycles. The summed E-state index contributed by atoms with van der Waals surface area (Å²) in [7, 11) is 3.00. The molecule has 1 aliphatic rings. The normalized spacial score (nSPS) is 24.0. The number of hydrogen-bond donors (Lipinski definition) is 0. The topological polar surface area (TPSA) is 31.0 Å². The maximum atomic E-state index is 5.36. The van der Waals surface area contributed by atoms with Crippen LogP contribution in [0.5, 0.6) is 0 Å². The van der Waals surface area contributed by atoms with Crippen LogP contribution < -0.4 is 0 Å². The number of hydrogen-bond acceptors (Lipinski definition) is 3. The summed E-state index contributed by atoms with van der Waals surface area (Å²) < 4.78 is 15.3. The number of epoxide rings is 1. The van der Waals surface area contributed by atoms with Gasteiger partial charge in [-0.3, -0.25) is 0 Å². The molecule has 1 heterocycles. The van der Waals surface area contributed by atoms with Crippen molar-refractivity contribution in [2.75, 3.05) is 19.8 Å². The minimum atomic E-state index is 0.266. The van der Waals surface area contributed by atoms with Crippen LogP contribution >= 0.6 is 0 Å². The summed E-state index contributed by atoms with van der Waals surface area (Å²) in [6, 6.07) is 0. The summed E-state index contributed by atoms with van der Waals surface area (Å²) in [6.45, 7) is 4.46. The lowest BCUT2D eigenvalue weighted by molar-refractivity contribution is 0.104. The van der Waals surface area contributed by atoms with Gasteiger partial charge in [0.15, 0.2) is 0 Å². The van der Waals surface area contributed by atoms with Crippen LogP contribution in [0.25, 0.3) is 0 Å². The van der Waals surface area contributed by atoms with Gasteiger partial charge in [-0.25, -0.2) is 0 Å². The zero-order valence-electron chi connectivity index (χ0n) is 7.41. The molecule has 3 nitrogen and oxygen atoms in total. The summed E-state index contributed by atoms with van der Waals surface area (Å²) in [5, 5.41) is 0. The Morgan fingerprint density at radius 3 is 3.00 bits per heavy atom. The SMILES string of the molecule is CC(CCCOCC1CO1)O[Si]. The molecule has 0 saturated carbocycles. The van der Waals surface area contributed by atoms with E-state index < -0.39 is 0 Å². The highest BCUT2D eigenvalue weighted by Crippen LogP contribution is 2.09. The van der Waals surface area contributed by atoms with Gasteiger partial charge in [0.1, 0.15) is 6.10 Å². The van der Waals surface area contributed by atoms with Crippen LogP contribution in [-0.4, -0.2) is 42.5 Å². The second-order valence-electron chi connectivity index (χ2n) is 3.10. The van der Waals surface area contributed by atoms with Crippen LogP contribution in [0.2, 0.25) is 0 Å². The lowest BCUT2D eigenvalue weighted by atomic mass is 10.2. The van der Waals surface area contributed by atoms with E-state index in [1.807, 2.05) is 6.92 Å². The quantitative estimate of drug-likeness (QED) is 0.333. The molecule has 3 radical (unpaired) electrons. The minimum absolute atomic E-state index is 0.266. The molecule has 0 aromatic carbocycles. The molecule has 0 bridgehead atoms. The van der Waals surface area contributed by atoms with E-state index in [0.29, 0.717) is 6.10 Å². The fraction of sp³-hybridized carbons (Fsp3) is 1.00. The van der Waals surface area contributed by atoms with Gasteiger partial charge in [-0.1, -0.05) is 0 Å². The maximum absolute atomic E-state index is 5.36. The molecule has 69 valence electrons. The molecule has 0 aliphatic carbocycles. The van der Waals surface area contributed by atoms with Gasteiger partial charge in [0.25, 0.3) is 0 Å². The van der Waals surface area contributed by atoms with Crippen LogP contribution in [0.4, 0.5) is 0 Å². The van der Waals surface area contributed by atoms with E-state index in [-0.39, 0.29) is 6.10 Å². The van der Waals surface area contributed by atoms with Gasteiger partial charge in [0, 0.05) is 12.7 Å². The maximum Gasteiger partial charge on any atom is 0.246 e. The Kier molecular flexibility index (Phi) is 4.83. The van der Waals surface area contributed by atoms with E-state index in [2.05, 4.69) is 10.5 Å². The van der Waals surface area contributed by atoms with Gasteiger partial charge in [0.2, 0.25) is 10.5 Å². The molecular formula is C8H15O3Si. The Hall–Kier alpha value is 0.0969. The third-order valence-corrected chi connectivity index (χ3v) is 2.21. The highest BCUT2D eigenvalue weighted by atomic mass is 28.2. The van der Waals surface area contributed by atoms with Gasteiger partial charge < -0.3 is 13.9 Å². The summed E-state index contributed by atoms with van der Waals surface area (Å²) in [4.78, 5) is 0. The molecule has 12 heavy (non-hydrogen) atoms. The Morgan fingerprint density at radius 2 is 2.42 bits per heavy atom. The van der Waals surface area contributed by atoms with Crippen molar-refractivity contribution in [3.8, 4) is 0 Å². The number of ether oxygens (including phenoxy) is 2. The third-order valence-electron chi connectivity index (χ3n) is 1.81. The second-order valence-corrected chi connectivity index (χ2v) is 3.34. The third kappa shape index (κ3) is 4.87. The van der Waals surface area contributed by atoms with E-state index >= 15 is 0 Å². The van der Waals surface area contributed by atoms with Gasteiger partial charge >= 0.3 is 0 Å². The summed E-state index contributed by atoms with van der Waals surface area (Å²) in [5.74, 6) is 0. The Morgan fingerprint density at radius 1 is 1.67 bits per heavy atom. The molecule has 1 fully saturated rings. The van der Waals surface area contributed by atoms with Gasteiger partial charge in [-0.2, -0.15) is 0 Å². The molecule has 0 N–H and O–H groups in total. The first kappa shape index (κ1) is 10.2.